The first-order valence-corrected chi connectivity index (χ1v) is 16.9. The lowest BCUT2D eigenvalue weighted by molar-refractivity contribution is -0.140. The van der Waals surface area contributed by atoms with Gasteiger partial charge in [0, 0.05) is 24.5 Å². The maximum atomic E-state index is 14.5. The summed E-state index contributed by atoms with van der Waals surface area (Å²) < 4.78 is 29.4. The summed E-state index contributed by atoms with van der Waals surface area (Å²) in [5, 5.41) is 3.35. The third-order valence-corrected chi connectivity index (χ3v) is 9.63. The van der Waals surface area contributed by atoms with E-state index >= 15 is 0 Å². The van der Waals surface area contributed by atoms with Gasteiger partial charge < -0.3 is 10.2 Å². The summed E-state index contributed by atoms with van der Waals surface area (Å²) in [6, 6.07) is 29.3. The van der Waals surface area contributed by atoms with Gasteiger partial charge >= 0.3 is 0 Å². The van der Waals surface area contributed by atoms with Gasteiger partial charge in [-0.2, -0.15) is 0 Å². The molecule has 4 aromatic rings. The number of sulfonamides is 1. The Morgan fingerprint density at radius 1 is 0.844 bits per heavy atom. The lowest BCUT2D eigenvalue weighted by Crippen LogP contribution is -2.53. The summed E-state index contributed by atoms with van der Waals surface area (Å²) in [6.45, 7) is 5.85. The van der Waals surface area contributed by atoms with Crippen LogP contribution in [0.3, 0.4) is 0 Å². The molecule has 0 heterocycles. The number of carbonyl (C=O) groups excluding carboxylic acids is 2. The first-order chi connectivity index (χ1) is 21.6. The van der Waals surface area contributed by atoms with E-state index in [1.54, 1.807) is 43.3 Å². The number of rotatable bonds is 14. The average molecular weight is 646 g/mol. The zero-order valence-electron chi connectivity index (χ0n) is 25.9. The van der Waals surface area contributed by atoms with Crippen molar-refractivity contribution in [3.63, 3.8) is 0 Å². The molecule has 0 aliphatic heterocycles. The van der Waals surface area contributed by atoms with Crippen molar-refractivity contribution in [2.24, 2.45) is 0 Å². The topological polar surface area (TPSA) is 86.8 Å². The summed E-state index contributed by atoms with van der Waals surface area (Å²) in [7, 11) is -4.20. The predicted octanol–water partition coefficient (Wildman–Crippen LogP) is 6.71. The average Bonchev–Trinajstić information content (AvgIpc) is 3.04. The number of carbonyl (C=O) groups is 2. The van der Waals surface area contributed by atoms with E-state index in [0.29, 0.717) is 22.8 Å². The largest absolute Gasteiger partial charge is 0.354 e. The van der Waals surface area contributed by atoms with Crippen molar-refractivity contribution in [3.8, 4) is 0 Å². The summed E-state index contributed by atoms with van der Waals surface area (Å²) in [6.07, 6.45) is 1.96. The summed E-state index contributed by atoms with van der Waals surface area (Å²) >= 11 is 6.35. The number of nitrogens with zero attached hydrogens (tertiary/aromatic N) is 2. The van der Waals surface area contributed by atoms with Gasteiger partial charge in [0.05, 0.1) is 10.6 Å². The van der Waals surface area contributed by atoms with Crippen molar-refractivity contribution in [1.82, 2.24) is 10.2 Å². The van der Waals surface area contributed by atoms with Crippen molar-refractivity contribution in [3.05, 3.63) is 130 Å². The van der Waals surface area contributed by atoms with Crippen LogP contribution in [0.25, 0.3) is 0 Å². The van der Waals surface area contributed by atoms with Crippen molar-refractivity contribution in [2.45, 2.75) is 57.5 Å². The molecule has 0 bridgehead atoms. The molecule has 4 aromatic carbocycles. The highest BCUT2D eigenvalue weighted by Gasteiger charge is 2.35. The molecule has 0 radical (unpaired) electrons. The molecule has 0 aromatic heterocycles. The molecule has 0 unspecified atom stereocenters. The first-order valence-electron chi connectivity index (χ1n) is 15.1. The molecule has 0 spiro atoms. The second-order valence-electron chi connectivity index (χ2n) is 11.1. The fourth-order valence-electron chi connectivity index (χ4n) is 5.03. The maximum absolute atomic E-state index is 14.5. The van der Waals surface area contributed by atoms with Gasteiger partial charge in [0.25, 0.3) is 10.0 Å². The number of halogens is 1. The van der Waals surface area contributed by atoms with Gasteiger partial charge in [-0.15, -0.1) is 0 Å². The number of hydrogen-bond acceptors (Lipinski definition) is 4. The second-order valence-corrected chi connectivity index (χ2v) is 13.4. The van der Waals surface area contributed by atoms with Crippen LogP contribution in [-0.2, 0) is 32.6 Å². The van der Waals surface area contributed by atoms with E-state index in [0.717, 1.165) is 33.8 Å². The second kappa shape index (κ2) is 15.7. The highest BCUT2D eigenvalue weighted by atomic mass is 35.5. The zero-order valence-corrected chi connectivity index (χ0v) is 27.5. The molecular weight excluding hydrogens is 606 g/mol. The van der Waals surface area contributed by atoms with Gasteiger partial charge in [-0.25, -0.2) is 8.42 Å². The Kier molecular flexibility index (Phi) is 11.8. The summed E-state index contributed by atoms with van der Waals surface area (Å²) in [4.78, 5) is 29.9. The maximum Gasteiger partial charge on any atom is 0.264 e. The van der Waals surface area contributed by atoms with E-state index in [2.05, 4.69) is 5.32 Å². The number of hydrogen-bond donors (Lipinski definition) is 1. The van der Waals surface area contributed by atoms with E-state index in [-0.39, 0.29) is 23.8 Å². The molecule has 1 N–H and O–H groups in total. The van der Waals surface area contributed by atoms with Gasteiger partial charge in [-0.3, -0.25) is 13.9 Å². The third kappa shape index (κ3) is 8.96. The lowest BCUT2D eigenvalue weighted by Gasteiger charge is -2.34. The first kappa shape index (κ1) is 33.7. The fraction of sp³-hybridized carbons (Fsp3) is 0.278. The Hall–Kier alpha value is -4.14. The standard InChI is InChI=1S/C36H40ClN3O4S/c1-4-5-22-38-36(42)34(23-29-12-8-6-9-13-29)39(25-30-19-16-27(2)17-20-30)35(41)26-40(33-24-31(37)21-18-28(33)3)45(43,44)32-14-10-7-11-15-32/h6-21,24,34H,4-5,22-23,25-26H2,1-3H3,(H,38,42)/t34-/m1/s1. The number of anilines is 1. The number of benzene rings is 4. The van der Waals surface area contributed by atoms with E-state index in [9.17, 15) is 18.0 Å². The molecule has 0 aliphatic rings. The van der Waals surface area contributed by atoms with Crippen molar-refractivity contribution in [2.75, 3.05) is 17.4 Å². The van der Waals surface area contributed by atoms with Crippen molar-refractivity contribution in [1.29, 1.82) is 0 Å². The van der Waals surface area contributed by atoms with Crippen LogP contribution < -0.4 is 9.62 Å². The number of nitrogens with one attached hydrogen (secondary N) is 1. The number of amides is 2. The zero-order chi connectivity index (χ0) is 32.4. The van der Waals surface area contributed by atoms with Crippen LogP contribution in [0.2, 0.25) is 5.02 Å². The summed E-state index contributed by atoms with van der Waals surface area (Å²) in [5.74, 6) is -0.801. The van der Waals surface area contributed by atoms with Crippen LogP contribution in [0.1, 0.15) is 42.0 Å². The van der Waals surface area contributed by atoms with Crippen LogP contribution >= 0.6 is 11.6 Å². The molecule has 0 aliphatic carbocycles. The highest BCUT2D eigenvalue weighted by Crippen LogP contribution is 2.30. The molecule has 1 atom stereocenters. The molecule has 7 nitrogen and oxygen atoms in total. The van der Waals surface area contributed by atoms with E-state index in [4.69, 9.17) is 11.6 Å². The highest BCUT2D eigenvalue weighted by molar-refractivity contribution is 7.92. The van der Waals surface area contributed by atoms with Gasteiger partial charge in [0.2, 0.25) is 11.8 Å². The molecule has 45 heavy (non-hydrogen) atoms. The van der Waals surface area contributed by atoms with Gasteiger partial charge in [-0.05, 0) is 61.2 Å². The lowest BCUT2D eigenvalue weighted by atomic mass is 10.0. The van der Waals surface area contributed by atoms with E-state index in [1.165, 1.54) is 17.0 Å². The van der Waals surface area contributed by atoms with E-state index in [1.807, 2.05) is 68.4 Å². The number of aryl methyl sites for hydroxylation is 2. The van der Waals surface area contributed by atoms with Crippen LogP contribution in [0.4, 0.5) is 5.69 Å². The minimum Gasteiger partial charge on any atom is -0.354 e. The molecule has 0 fully saturated rings. The van der Waals surface area contributed by atoms with Crippen molar-refractivity contribution >= 4 is 39.1 Å². The molecular formula is C36H40ClN3O4S. The van der Waals surface area contributed by atoms with Crippen molar-refractivity contribution < 1.29 is 18.0 Å². The Labute approximate surface area is 271 Å². The van der Waals surface area contributed by atoms with Crippen LogP contribution in [0.15, 0.2) is 108 Å². The quantitative estimate of drug-likeness (QED) is 0.155. The molecule has 236 valence electrons. The Morgan fingerprint density at radius 3 is 2.13 bits per heavy atom. The fourth-order valence-corrected chi connectivity index (χ4v) is 6.69. The van der Waals surface area contributed by atoms with Gasteiger partial charge in [0.1, 0.15) is 12.6 Å². The molecule has 0 saturated carbocycles. The molecule has 2 amide bonds. The normalized spacial score (nSPS) is 11.9. The van der Waals surface area contributed by atoms with Crippen LogP contribution in [-0.4, -0.2) is 44.3 Å². The van der Waals surface area contributed by atoms with Crippen LogP contribution in [0, 0.1) is 13.8 Å². The monoisotopic (exact) mass is 645 g/mol. The number of unbranched alkanes of at least 4 members (excludes halogenated alkanes) is 1. The SMILES string of the molecule is CCCCNC(=O)[C@@H](Cc1ccccc1)N(Cc1ccc(C)cc1)C(=O)CN(c1cc(Cl)ccc1C)S(=O)(=O)c1ccccc1. The Balaban J connectivity index is 1.81. The van der Waals surface area contributed by atoms with Crippen LogP contribution in [0.5, 0.6) is 0 Å². The molecule has 0 saturated heterocycles. The molecule has 4 rings (SSSR count). The van der Waals surface area contributed by atoms with Gasteiger partial charge in [-0.1, -0.05) is 109 Å². The third-order valence-electron chi connectivity index (χ3n) is 7.62. The molecule has 9 heteroatoms. The minimum absolute atomic E-state index is 0.0420. The Morgan fingerprint density at radius 2 is 1.49 bits per heavy atom. The smallest absolute Gasteiger partial charge is 0.264 e. The minimum atomic E-state index is -4.20. The van der Waals surface area contributed by atoms with E-state index < -0.39 is 28.5 Å². The summed E-state index contributed by atoms with van der Waals surface area (Å²) in [5.41, 5.74) is 3.70. The Bertz CT molecular complexity index is 1680. The predicted molar refractivity (Wildman–Crippen MR) is 181 cm³/mol. The van der Waals surface area contributed by atoms with Gasteiger partial charge in [0.15, 0.2) is 0 Å².